The lowest BCUT2D eigenvalue weighted by Gasteiger charge is -2.20. The molecule has 1 aliphatic rings. The lowest BCUT2D eigenvalue weighted by Crippen LogP contribution is -2.32. The van der Waals surface area contributed by atoms with Crippen LogP contribution in [0.2, 0.25) is 0 Å². The minimum Gasteiger partial charge on any atom is -0.408 e. The molecule has 0 saturated carbocycles. The van der Waals surface area contributed by atoms with Gasteiger partial charge >= 0.3 is 5.76 Å². The summed E-state index contributed by atoms with van der Waals surface area (Å²) in [5.74, 6) is -0.370. The molecule has 3 aromatic rings. The number of imidazole rings is 1. The number of oxazole rings is 1. The molecule has 0 bridgehead atoms. The van der Waals surface area contributed by atoms with E-state index in [2.05, 4.69) is 9.55 Å². The summed E-state index contributed by atoms with van der Waals surface area (Å²) in [6.07, 6.45) is 4.80. The maximum atomic E-state index is 12.6. The van der Waals surface area contributed by atoms with Crippen LogP contribution in [0.3, 0.4) is 0 Å². The molecule has 130 valence electrons. The molecule has 0 unspecified atom stereocenters. The summed E-state index contributed by atoms with van der Waals surface area (Å²) in [6, 6.07) is 5.61. The molecule has 7 heteroatoms. The molecule has 0 saturated heterocycles. The number of hydrogen-bond acceptors (Lipinski definition) is 4. The number of rotatable bonds is 3. The van der Waals surface area contributed by atoms with Crippen molar-refractivity contribution in [1.82, 2.24) is 19.0 Å². The van der Waals surface area contributed by atoms with Gasteiger partial charge in [0.05, 0.1) is 24.1 Å². The molecule has 1 aromatic carbocycles. The molecule has 0 aliphatic carbocycles. The molecule has 0 atom stereocenters. The summed E-state index contributed by atoms with van der Waals surface area (Å²) in [6.45, 7) is 4.46. The molecule has 4 rings (SSSR count). The van der Waals surface area contributed by atoms with Gasteiger partial charge in [-0.15, -0.1) is 0 Å². The predicted octanol–water partition coefficient (Wildman–Crippen LogP) is 1.92. The van der Waals surface area contributed by atoms with Gasteiger partial charge in [0.2, 0.25) is 5.91 Å². The second-order valence-electron chi connectivity index (χ2n) is 6.49. The minimum absolute atomic E-state index is 0.0450. The van der Waals surface area contributed by atoms with E-state index >= 15 is 0 Å². The third-order valence-corrected chi connectivity index (χ3v) is 4.70. The fourth-order valence-corrected chi connectivity index (χ4v) is 3.35. The Morgan fingerprint density at radius 3 is 3.08 bits per heavy atom. The van der Waals surface area contributed by atoms with Crippen molar-refractivity contribution in [1.29, 1.82) is 0 Å². The van der Waals surface area contributed by atoms with Crippen LogP contribution in [0.4, 0.5) is 0 Å². The Labute approximate surface area is 144 Å². The second-order valence-corrected chi connectivity index (χ2v) is 6.49. The molecule has 0 radical (unpaired) electrons. The molecule has 0 spiro atoms. The molecule has 7 nitrogen and oxygen atoms in total. The summed E-state index contributed by atoms with van der Waals surface area (Å²) >= 11 is 0. The first-order valence-electron chi connectivity index (χ1n) is 8.48. The fourth-order valence-electron chi connectivity index (χ4n) is 3.35. The van der Waals surface area contributed by atoms with Crippen molar-refractivity contribution in [2.24, 2.45) is 0 Å². The van der Waals surface area contributed by atoms with Gasteiger partial charge in [-0.2, -0.15) is 0 Å². The Kier molecular flexibility index (Phi) is 3.91. The SMILES string of the molecule is Cc1ccc2oc(=O)n(CCC(=O)N3CCCn4cncc4C3)c2c1. The fraction of sp³-hybridized carbons (Fsp3) is 0.389. The summed E-state index contributed by atoms with van der Waals surface area (Å²) in [7, 11) is 0. The van der Waals surface area contributed by atoms with Gasteiger partial charge in [-0.05, 0) is 31.0 Å². The lowest BCUT2D eigenvalue weighted by atomic mass is 10.2. The maximum Gasteiger partial charge on any atom is 0.419 e. The highest BCUT2D eigenvalue weighted by molar-refractivity contribution is 5.77. The van der Waals surface area contributed by atoms with Crippen LogP contribution in [0, 0.1) is 6.92 Å². The molecule has 2 aromatic heterocycles. The molecule has 3 heterocycles. The largest absolute Gasteiger partial charge is 0.419 e. The summed E-state index contributed by atoms with van der Waals surface area (Å²) in [4.78, 5) is 30.7. The zero-order valence-electron chi connectivity index (χ0n) is 14.1. The number of aryl methyl sites for hydroxylation is 3. The normalized spacial score (nSPS) is 14.5. The van der Waals surface area contributed by atoms with E-state index in [4.69, 9.17) is 4.42 Å². The highest BCUT2D eigenvalue weighted by Gasteiger charge is 2.20. The summed E-state index contributed by atoms with van der Waals surface area (Å²) in [5.41, 5.74) is 3.40. The Hall–Kier alpha value is -2.83. The summed E-state index contributed by atoms with van der Waals surface area (Å²) in [5, 5.41) is 0. The van der Waals surface area contributed by atoms with E-state index in [-0.39, 0.29) is 12.3 Å². The van der Waals surface area contributed by atoms with Crippen molar-refractivity contribution in [3.05, 3.63) is 52.5 Å². The van der Waals surface area contributed by atoms with Crippen molar-refractivity contribution in [2.75, 3.05) is 6.54 Å². The number of hydrogen-bond donors (Lipinski definition) is 0. The lowest BCUT2D eigenvalue weighted by molar-refractivity contribution is -0.132. The van der Waals surface area contributed by atoms with Crippen molar-refractivity contribution in [3.8, 4) is 0 Å². The van der Waals surface area contributed by atoms with Gasteiger partial charge in [0, 0.05) is 32.3 Å². The first kappa shape index (κ1) is 15.7. The predicted molar refractivity (Wildman–Crippen MR) is 92.1 cm³/mol. The number of benzene rings is 1. The Bertz CT molecular complexity index is 982. The number of nitrogens with zero attached hydrogens (tertiary/aromatic N) is 4. The standard InChI is InChI=1S/C18H20N4O3/c1-13-3-4-16-15(9-13)22(18(24)25-16)8-5-17(23)20-6-2-7-21-12-19-10-14(21)11-20/h3-4,9-10,12H,2,5-8,11H2,1H3. The zero-order valence-corrected chi connectivity index (χ0v) is 14.1. The minimum atomic E-state index is -0.414. The van der Waals surface area contributed by atoms with E-state index < -0.39 is 5.76 Å². The summed E-state index contributed by atoms with van der Waals surface area (Å²) < 4.78 is 8.89. The van der Waals surface area contributed by atoms with Crippen LogP contribution in [0.25, 0.3) is 11.1 Å². The van der Waals surface area contributed by atoms with E-state index in [1.54, 1.807) is 10.6 Å². The van der Waals surface area contributed by atoms with Crippen molar-refractivity contribution in [3.63, 3.8) is 0 Å². The topological polar surface area (TPSA) is 73.3 Å². The molecule has 25 heavy (non-hydrogen) atoms. The smallest absolute Gasteiger partial charge is 0.408 e. The van der Waals surface area contributed by atoms with Gasteiger partial charge in [-0.25, -0.2) is 9.78 Å². The second kappa shape index (κ2) is 6.23. The van der Waals surface area contributed by atoms with Gasteiger partial charge in [-0.3, -0.25) is 9.36 Å². The number of amides is 1. The Morgan fingerprint density at radius 2 is 2.20 bits per heavy atom. The van der Waals surface area contributed by atoms with E-state index in [1.165, 1.54) is 0 Å². The highest BCUT2D eigenvalue weighted by Crippen LogP contribution is 2.16. The van der Waals surface area contributed by atoms with E-state index in [0.29, 0.717) is 18.7 Å². The first-order chi connectivity index (χ1) is 12.1. The van der Waals surface area contributed by atoms with Gasteiger partial charge in [0.25, 0.3) is 0 Å². The Morgan fingerprint density at radius 1 is 1.32 bits per heavy atom. The van der Waals surface area contributed by atoms with Crippen LogP contribution >= 0.6 is 0 Å². The van der Waals surface area contributed by atoms with Crippen molar-refractivity contribution in [2.45, 2.75) is 39.4 Å². The van der Waals surface area contributed by atoms with Gasteiger partial charge in [-0.1, -0.05) is 6.07 Å². The van der Waals surface area contributed by atoms with Crippen molar-refractivity contribution >= 4 is 17.0 Å². The molecule has 0 fully saturated rings. The highest BCUT2D eigenvalue weighted by atomic mass is 16.4. The molecule has 1 amide bonds. The molecular formula is C18H20N4O3. The monoisotopic (exact) mass is 340 g/mol. The van der Waals surface area contributed by atoms with Gasteiger partial charge in [0.15, 0.2) is 5.58 Å². The number of carbonyl (C=O) groups is 1. The first-order valence-corrected chi connectivity index (χ1v) is 8.48. The van der Waals surface area contributed by atoms with Crippen LogP contribution in [0.15, 0.2) is 39.9 Å². The van der Waals surface area contributed by atoms with Gasteiger partial charge < -0.3 is 13.9 Å². The van der Waals surface area contributed by atoms with Crippen LogP contribution in [-0.4, -0.2) is 31.5 Å². The molecule has 0 N–H and O–H groups in total. The van der Waals surface area contributed by atoms with Crippen LogP contribution in [0.5, 0.6) is 0 Å². The van der Waals surface area contributed by atoms with Crippen LogP contribution in [-0.2, 0) is 24.4 Å². The Balaban J connectivity index is 1.50. The molecular weight excluding hydrogens is 320 g/mol. The maximum absolute atomic E-state index is 12.6. The van der Waals surface area contributed by atoms with Crippen LogP contribution < -0.4 is 5.76 Å². The molecule has 1 aliphatic heterocycles. The average Bonchev–Trinajstić information content (AvgIpc) is 3.09. The quantitative estimate of drug-likeness (QED) is 0.730. The van der Waals surface area contributed by atoms with Crippen molar-refractivity contribution < 1.29 is 9.21 Å². The third kappa shape index (κ3) is 2.97. The third-order valence-electron chi connectivity index (χ3n) is 4.70. The van der Waals surface area contributed by atoms with E-state index in [1.807, 2.05) is 36.5 Å². The number of fused-ring (bicyclic) bond motifs is 2. The number of aromatic nitrogens is 3. The van der Waals surface area contributed by atoms with Gasteiger partial charge in [0.1, 0.15) is 0 Å². The number of carbonyl (C=O) groups excluding carboxylic acids is 1. The zero-order chi connectivity index (χ0) is 17.4. The van der Waals surface area contributed by atoms with Crippen LogP contribution in [0.1, 0.15) is 24.1 Å². The average molecular weight is 340 g/mol. The van der Waals surface area contributed by atoms with E-state index in [0.717, 1.165) is 36.3 Å². The van der Waals surface area contributed by atoms with E-state index in [9.17, 15) is 9.59 Å².